The topological polar surface area (TPSA) is 93.2 Å². The molecule has 1 fully saturated rings. The Bertz CT molecular complexity index is 1890. The molecule has 0 bridgehead atoms. The monoisotopic (exact) mass is 740 g/mol. The van der Waals surface area contributed by atoms with E-state index in [9.17, 15) is 31.5 Å². The molecular weight excluding hydrogens is 712 g/mol. The normalized spacial score (nSPS) is 14.0. The summed E-state index contributed by atoms with van der Waals surface area (Å²) in [7, 11) is -4.23. The van der Waals surface area contributed by atoms with Gasteiger partial charge in [0.05, 0.1) is 31.2 Å². The molecule has 15 heteroatoms. The maximum atomic E-state index is 13.8. The van der Waals surface area contributed by atoms with E-state index in [0.717, 1.165) is 16.1 Å². The van der Waals surface area contributed by atoms with E-state index in [1.54, 1.807) is 35.2 Å². The number of para-hydroxylation sites is 1. The van der Waals surface area contributed by atoms with Gasteiger partial charge in [-0.05, 0) is 41.5 Å². The number of phenolic OH excluding ortho intramolecular Hbond substituents is 1. The van der Waals surface area contributed by atoms with Crippen molar-refractivity contribution in [2.75, 3.05) is 31.1 Å². The van der Waals surface area contributed by atoms with Crippen LogP contribution in [0.5, 0.6) is 5.75 Å². The minimum atomic E-state index is -4.94. The van der Waals surface area contributed by atoms with E-state index in [2.05, 4.69) is 10.2 Å². The van der Waals surface area contributed by atoms with Gasteiger partial charge in [0.25, 0.3) is 0 Å². The second kappa shape index (κ2) is 14.8. The molecule has 0 aromatic heterocycles. The number of benzene rings is 4. The number of rotatable bonds is 9. The van der Waals surface area contributed by atoms with E-state index in [1.807, 2.05) is 24.3 Å². The van der Waals surface area contributed by atoms with Crippen molar-refractivity contribution in [3.05, 3.63) is 122 Å². The first-order valence-corrected chi connectivity index (χ1v) is 17.3. The molecular formula is C33H30Cl3F3N4O4S. The van der Waals surface area contributed by atoms with Crippen LogP contribution in [-0.2, 0) is 35.8 Å². The van der Waals surface area contributed by atoms with Crippen LogP contribution >= 0.6 is 34.8 Å². The molecule has 0 spiro atoms. The molecule has 0 saturated carbocycles. The Labute approximate surface area is 291 Å². The number of alkyl halides is 3. The van der Waals surface area contributed by atoms with E-state index in [4.69, 9.17) is 34.8 Å². The molecule has 0 radical (unpaired) electrons. The maximum absolute atomic E-state index is 13.8. The molecule has 254 valence electrons. The number of piperazine rings is 1. The number of hydrogen-bond acceptors (Lipinski definition) is 5. The highest BCUT2D eigenvalue weighted by Crippen LogP contribution is 2.45. The van der Waals surface area contributed by atoms with Crippen LogP contribution in [0.2, 0.25) is 15.1 Å². The van der Waals surface area contributed by atoms with Crippen LogP contribution in [0, 0.1) is 0 Å². The Morgan fingerprint density at radius 3 is 2.15 bits per heavy atom. The van der Waals surface area contributed by atoms with Crippen LogP contribution in [0.15, 0.2) is 89.8 Å². The van der Waals surface area contributed by atoms with E-state index >= 15 is 0 Å². The van der Waals surface area contributed by atoms with Gasteiger partial charge >= 0.3 is 12.2 Å². The third kappa shape index (κ3) is 8.12. The number of amides is 2. The number of urea groups is 1. The summed E-state index contributed by atoms with van der Waals surface area (Å²) in [6.07, 6.45) is -4.94. The van der Waals surface area contributed by atoms with Gasteiger partial charge in [0.2, 0.25) is 10.0 Å². The summed E-state index contributed by atoms with van der Waals surface area (Å²) in [5, 5.41) is 12.4. The summed E-state index contributed by atoms with van der Waals surface area (Å²) in [6, 6.07) is 22.5. The van der Waals surface area contributed by atoms with Crippen LogP contribution in [0.25, 0.3) is 0 Å². The molecule has 0 unspecified atom stereocenters. The summed E-state index contributed by atoms with van der Waals surface area (Å²) in [6.45, 7) is 1.61. The average Bonchev–Trinajstić information content (AvgIpc) is 3.06. The number of nitrogens with zero attached hydrogens (tertiary/aromatic N) is 3. The predicted octanol–water partition coefficient (Wildman–Crippen LogP) is 7.79. The van der Waals surface area contributed by atoms with E-state index in [-0.39, 0.29) is 29.6 Å². The van der Waals surface area contributed by atoms with Crippen LogP contribution in [0.4, 0.5) is 23.7 Å². The standard InChI is InChI=1S/C33H30Cl3F3N4O4S/c34-26-11-4-5-12-28(26)41-13-15-42(16-14-41)32(45)40-19-22-7-6-8-23(17-22)20-43(48(46,47)25-9-2-1-3-10-25)21-24-18-27(35)29(33(37,38)39)30(36)31(24)44/h1-12,17-18,44H,13-16,19-21H2,(H,40,45). The largest absolute Gasteiger partial charge is 0.506 e. The highest BCUT2D eigenvalue weighted by molar-refractivity contribution is 7.89. The molecule has 4 aromatic rings. The quantitative estimate of drug-likeness (QED) is 0.183. The van der Waals surface area contributed by atoms with E-state index < -0.39 is 44.1 Å². The zero-order chi connectivity index (χ0) is 34.6. The lowest BCUT2D eigenvalue weighted by Crippen LogP contribution is -2.51. The summed E-state index contributed by atoms with van der Waals surface area (Å²) in [4.78, 5) is 16.7. The summed E-state index contributed by atoms with van der Waals surface area (Å²) < 4.78 is 69.1. The van der Waals surface area contributed by atoms with Gasteiger partial charge in [-0.2, -0.15) is 17.5 Å². The van der Waals surface area contributed by atoms with Crippen molar-refractivity contribution < 1.29 is 31.5 Å². The smallest absolute Gasteiger partial charge is 0.419 e. The van der Waals surface area contributed by atoms with E-state index in [1.165, 1.54) is 24.3 Å². The molecule has 4 aromatic carbocycles. The SMILES string of the molecule is O=C(NCc1cccc(CN(Cc2cc(Cl)c(C(F)(F)F)c(Cl)c2O)S(=O)(=O)c2ccccc2)c1)N1CCN(c2ccccc2Cl)CC1. The number of phenols is 1. The highest BCUT2D eigenvalue weighted by Gasteiger charge is 2.38. The van der Waals surface area contributed by atoms with Crippen molar-refractivity contribution in [3.63, 3.8) is 0 Å². The number of carbonyl (C=O) groups is 1. The molecule has 2 amide bonds. The molecule has 8 nitrogen and oxygen atoms in total. The molecule has 1 saturated heterocycles. The molecule has 1 aliphatic rings. The van der Waals surface area contributed by atoms with Crippen LogP contribution in [0.1, 0.15) is 22.3 Å². The Kier molecular flexibility index (Phi) is 11.0. The van der Waals surface area contributed by atoms with Gasteiger partial charge in [0.15, 0.2) is 0 Å². The van der Waals surface area contributed by atoms with Gasteiger partial charge in [-0.25, -0.2) is 13.2 Å². The molecule has 48 heavy (non-hydrogen) atoms. The van der Waals surface area contributed by atoms with Crippen molar-refractivity contribution >= 4 is 56.5 Å². The van der Waals surface area contributed by atoms with Gasteiger partial charge in [0, 0.05) is 51.4 Å². The zero-order valence-corrected chi connectivity index (χ0v) is 28.3. The van der Waals surface area contributed by atoms with Gasteiger partial charge in [-0.1, -0.05) is 89.4 Å². The molecule has 5 rings (SSSR count). The summed E-state index contributed by atoms with van der Waals surface area (Å²) >= 11 is 18.1. The fraction of sp³-hybridized carbons (Fsp3) is 0.242. The van der Waals surface area contributed by atoms with Crippen molar-refractivity contribution in [1.82, 2.24) is 14.5 Å². The van der Waals surface area contributed by atoms with Crippen molar-refractivity contribution in [3.8, 4) is 5.75 Å². The second-order valence-corrected chi connectivity index (χ2v) is 14.2. The third-order valence-corrected chi connectivity index (χ3v) is 10.6. The van der Waals surface area contributed by atoms with Crippen LogP contribution in [0.3, 0.4) is 0 Å². The lowest BCUT2D eigenvalue weighted by Gasteiger charge is -2.36. The number of nitrogens with one attached hydrogen (secondary N) is 1. The first-order chi connectivity index (χ1) is 22.8. The molecule has 0 atom stereocenters. The fourth-order valence-corrected chi connectivity index (χ4v) is 7.78. The Balaban J connectivity index is 1.31. The highest BCUT2D eigenvalue weighted by atomic mass is 35.5. The number of aromatic hydroxyl groups is 1. The number of carbonyl (C=O) groups excluding carboxylic acids is 1. The number of hydrogen-bond donors (Lipinski definition) is 2. The van der Waals surface area contributed by atoms with Crippen LogP contribution in [-0.4, -0.2) is 54.9 Å². The van der Waals surface area contributed by atoms with Crippen molar-refractivity contribution in [1.29, 1.82) is 0 Å². The lowest BCUT2D eigenvalue weighted by molar-refractivity contribution is -0.137. The second-order valence-electron chi connectivity index (χ2n) is 11.0. The lowest BCUT2D eigenvalue weighted by atomic mass is 10.1. The fourth-order valence-electron chi connectivity index (χ4n) is 5.39. The van der Waals surface area contributed by atoms with Gasteiger partial charge < -0.3 is 20.2 Å². The first kappa shape index (κ1) is 35.6. The maximum Gasteiger partial charge on any atom is 0.419 e. The molecule has 1 aliphatic heterocycles. The van der Waals surface area contributed by atoms with E-state index in [0.29, 0.717) is 42.3 Å². The Morgan fingerprint density at radius 2 is 1.48 bits per heavy atom. The van der Waals surface area contributed by atoms with Crippen LogP contribution < -0.4 is 10.2 Å². The summed E-state index contributed by atoms with van der Waals surface area (Å²) in [5.74, 6) is -0.925. The van der Waals surface area contributed by atoms with Crippen molar-refractivity contribution in [2.24, 2.45) is 0 Å². The molecule has 2 N–H and O–H groups in total. The minimum Gasteiger partial charge on any atom is -0.506 e. The number of halogens is 6. The molecule has 0 aliphatic carbocycles. The first-order valence-electron chi connectivity index (χ1n) is 14.7. The van der Waals surface area contributed by atoms with Crippen molar-refractivity contribution in [2.45, 2.75) is 30.7 Å². The Morgan fingerprint density at radius 1 is 0.833 bits per heavy atom. The average molecular weight is 742 g/mol. The minimum absolute atomic E-state index is 0.0633. The summed E-state index contributed by atoms with van der Waals surface area (Å²) in [5.41, 5.74) is 0.505. The van der Waals surface area contributed by atoms with Gasteiger partial charge in [-0.15, -0.1) is 0 Å². The molecule has 1 heterocycles. The predicted molar refractivity (Wildman–Crippen MR) is 180 cm³/mol. The Hall–Kier alpha value is -3.68. The number of sulfonamides is 1. The third-order valence-electron chi connectivity index (χ3n) is 7.84. The van der Waals surface area contributed by atoms with Gasteiger partial charge in [-0.3, -0.25) is 0 Å². The number of anilines is 1. The zero-order valence-electron chi connectivity index (χ0n) is 25.2. The van der Waals surface area contributed by atoms with Gasteiger partial charge in [0.1, 0.15) is 5.75 Å².